The molecule has 200 valence electrons. The number of amides is 1. The highest BCUT2D eigenvalue weighted by Gasteiger charge is 2.41. The Morgan fingerprint density at radius 2 is 1.76 bits per heavy atom. The predicted molar refractivity (Wildman–Crippen MR) is 143 cm³/mol. The van der Waals surface area contributed by atoms with E-state index in [9.17, 15) is 9.59 Å². The van der Waals surface area contributed by atoms with Crippen LogP contribution >= 0.6 is 11.8 Å². The lowest BCUT2D eigenvalue weighted by molar-refractivity contribution is -0.141. The van der Waals surface area contributed by atoms with E-state index < -0.39 is 12.0 Å². The number of benzene rings is 1. The first-order chi connectivity index (χ1) is 18.4. The fraction of sp³-hybridized carbons (Fsp3) is 0.333. The quantitative estimate of drug-likeness (QED) is 0.339. The van der Waals surface area contributed by atoms with Gasteiger partial charge >= 0.3 is 5.97 Å². The monoisotopic (exact) mass is 538 g/mol. The average molecular weight is 539 g/mol. The SMILES string of the molecule is COCCOC(=O)C1=C(C)N=C2SC=C(CC(=O)NCc3ccncc3)N2C1c1cc(OC)cc(OC)c1. The molecule has 1 atom stereocenters. The number of fused-ring (bicyclic) bond motifs is 1. The van der Waals surface area contributed by atoms with Gasteiger partial charge in [-0.3, -0.25) is 9.78 Å². The third-order valence-corrected chi connectivity index (χ3v) is 6.90. The van der Waals surface area contributed by atoms with Crippen molar-refractivity contribution in [1.29, 1.82) is 0 Å². The number of methoxy groups -OCH3 is 3. The first-order valence-corrected chi connectivity index (χ1v) is 12.8. The lowest BCUT2D eigenvalue weighted by Gasteiger charge is -2.36. The molecule has 1 N–H and O–H groups in total. The normalized spacial score (nSPS) is 16.4. The number of aliphatic imine (C=N–C) groups is 1. The molecule has 1 amide bonds. The van der Waals surface area contributed by atoms with Crippen molar-refractivity contribution in [3.05, 3.63) is 76.2 Å². The summed E-state index contributed by atoms with van der Waals surface area (Å²) in [7, 11) is 4.67. The van der Waals surface area contributed by atoms with Crippen molar-refractivity contribution in [3.63, 3.8) is 0 Å². The van der Waals surface area contributed by atoms with Crippen LogP contribution in [0.4, 0.5) is 0 Å². The van der Waals surface area contributed by atoms with E-state index in [1.807, 2.05) is 34.6 Å². The van der Waals surface area contributed by atoms with Crippen LogP contribution in [0.3, 0.4) is 0 Å². The number of carbonyl (C=O) groups excluding carboxylic acids is 2. The fourth-order valence-corrected chi connectivity index (χ4v) is 5.12. The Morgan fingerprint density at radius 3 is 2.42 bits per heavy atom. The number of hydrogen-bond donors (Lipinski definition) is 1. The zero-order chi connectivity index (χ0) is 27.1. The van der Waals surface area contributed by atoms with Crippen molar-refractivity contribution in [3.8, 4) is 11.5 Å². The number of aromatic nitrogens is 1. The van der Waals surface area contributed by atoms with Gasteiger partial charge in [0.2, 0.25) is 5.91 Å². The molecule has 11 heteroatoms. The van der Waals surface area contributed by atoms with Crippen molar-refractivity contribution in [2.45, 2.75) is 25.9 Å². The standard InChI is InChI=1S/C27H30N4O6S/c1-17-24(26(33)37-10-9-34-2)25(19-11-21(35-3)14-22(12-19)36-4)31-20(16-38-27(31)30-17)13-23(32)29-15-18-5-7-28-8-6-18/h5-8,11-12,14,16,25H,9-10,13,15H2,1-4H3,(H,29,32). The highest BCUT2D eigenvalue weighted by Crippen LogP contribution is 2.46. The molecule has 0 saturated carbocycles. The molecule has 2 aromatic rings. The van der Waals surface area contributed by atoms with Gasteiger partial charge in [-0.25, -0.2) is 9.79 Å². The van der Waals surface area contributed by atoms with Gasteiger partial charge in [-0.1, -0.05) is 11.8 Å². The zero-order valence-corrected chi connectivity index (χ0v) is 22.5. The molecule has 0 spiro atoms. The Balaban J connectivity index is 1.66. The number of rotatable bonds is 11. The summed E-state index contributed by atoms with van der Waals surface area (Å²) in [6.07, 6.45) is 3.46. The van der Waals surface area contributed by atoms with Gasteiger partial charge in [0.1, 0.15) is 18.1 Å². The van der Waals surface area contributed by atoms with Crippen LogP contribution in [0.25, 0.3) is 0 Å². The van der Waals surface area contributed by atoms with E-state index in [0.717, 1.165) is 11.1 Å². The molecule has 1 aromatic heterocycles. The Labute approximate surface area is 225 Å². The van der Waals surface area contributed by atoms with E-state index in [0.29, 0.717) is 40.2 Å². The molecule has 3 heterocycles. The number of nitrogens with zero attached hydrogens (tertiary/aromatic N) is 3. The number of nitrogens with one attached hydrogen (secondary N) is 1. The summed E-state index contributed by atoms with van der Waals surface area (Å²) in [6, 6.07) is 8.53. The van der Waals surface area contributed by atoms with Gasteiger partial charge < -0.3 is 29.2 Å². The van der Waals surface area contributed by atoms with Crippen LogP contribution in [-0.4, -0.2) is 61.5 Å². The third-order valence-electron chi connectivity index (χ3n) is 6.01. The van der Waals surface area contributed by atoms with Crippen molar-refractivity contribution < 1.29 is 28.5 Å². The molecule has 1 aromatic carbocycles. The summed E-state index contributed by atoms with van der Waals surface area (Å²) in [5, 5.41) is 5.51. The van der Waals surface area contributed by atoms with Crippen LogP contribution in [0.1, 0.15) is 30.5 Å². The number of amidine groups is 1. The van der Waals surface area contributed by atoms with Crippen LogP contribution in [0.15, 0.2) is 70.1 Å². The molecular formula is C27H30N4O6S. The summed E-state index contributed by atoms with van der Waals surface area (Å²) >= 11 is 1.41. The summed E-state index contributed by atoms with van der Waals surface area (Å²) in [4.78, 5) is 36.9. The Kier molecular flexibility index (Phi) is 9.03. The number of hydrogen-bond acceptors (Lipinski definition) is 10. The first-order valence-electron chi connectivity index (χ1n) is 11.9. The lowest BCUT2D eigenvalue weighted by Crippen LogP contribution is -2.38. The van der Waals surface area contributed by atoms with E-state index >= 15 is 0 Å². The molecule has 2 aliphatic rings. The Morgan fingerprint density at radius 1 is 1.05 bits per heavy atom. The summed E-state index contributed by atoms with van der Waals surface area (Å²) in [5.41, 5.74) is 3.30. The van der Waals surface area contributed by atoms with Crippen LogP contribution in [0, 0.1) is 0 Å². The second-order valence-electron chi connectivity index (χ2n) is 8.48. The van der Waals surface area contributed by atoms with Crippen molar-refractivity contribution in [2.75, 3.05) is 34.5 Å². The van der Waals surface area contributed by atoms with Gasteiger partial charge in [-0.05, 0) is 47.7 Å². The summed E-state index contributed by atoms with van der Waals surface area (Å²) < 4.78 is 21.6. The highest BCUT2D eigenvalue weighted by atomic mass is 32.2. The topological polar surface area (TPSA) is 112 Å². The van der Waals surface area contributed by atoms with Crippen molar-refractivity contribution >= 4 is 28.8 Å². The molecule has 38 heavy (non-hydrogen) atoms. The molecule has 4 rings (SSSR count). The molecule has 0 bridgehead atoms. The van der Waals surface area contributed by atoms with Crippen LogP contribution < -0.4 is 14.8 Å². The fourth-order valence-electron chi connectivity index (χ4n) is 4.16. The van der Waals surface area contributed by atoms with E-state index in [4.69, 9.17) is 18.9 Å². The van der Waals surface area contributed by atoms with Gasteiger partial charge in [-0.15, -0.1) is 0 Å². The molecule has 0 fully saturated rings. The molecule has 10 nitrogen and oxygen atoms in total. The number of pyridine rings is 1. The van der Waals surface area contributed by atoms with E-state index in [1.165, 1.54) is 11.8 Å². The van der Waals surface area contributed by atoms with Crippen molar-refractivity contribution in [1.82, 2.24) is 15.2 Å². The van der Waals surface area contributed by atoms with Crippen molar-refractivity contribution in [2.24, 2.45) is 4.99 Å². The number of thioether (sulfide) groups is 1. The molecule has 0 radical (unpaired) electrons. The van der Waals surface area contributed by atoms with Gasteiger partial charge in [0.15, 0.2) is 5.17 Å². The number of allylic oxidation sites excluding steroid dienone is 1. The second kappa shape index (κ2) is 12.6. The summed E-state index contributed by atoms with van der Waals surface area (Å²) in [5.74, 6) is 0.473. The number of ether oxygens (including phenoxy) is 4. The molecular weight excluding hydrogens is 508 g/mol. The van der Waals surface area contributed by atoms with E-state index in [-0.39, 0.29) is 25.5 Å². The zero-order valence-electron chi connectivity index (χ0n) is 21.7. The van der Waals surface area contributed by atoms with Crippen LogP contribution in [0.2, 0.25) is 0 Å². The van der Waals surface area contributed by atoms with E-state index in [1.54, 1.807) is 46.7 Å². The minimum absolute atomic E-state index is 0.0970. The Bertz CT molecular complexity index is 1260. The predicted octanol–water partition coefficient (Wildman–Crippen LogP) is 3.57. The van der Waals surface area contributed by atoms with Gasteiger partial charge in [-0.2, -0.15) is 0 Å². The maximum atomic E-state index is 13.3. The van der Waals surface area contributed by atoms with Gasteiger partial charge in [0, 0.05) is 37.8 Å². The molecule has 0 saturated heterocycles. The number of esters is 1. The minimum atomic E-state index is -0.615. The third kappa shape index (κ3) is 6.17. The summed E-state index contributed by atoms with van der Waals surface area (Å²) in [6.45, 7) is 2.54. The van der Waals surface area contributed by atoms with Gasteiger partial charge in [0.05, 0.1) is 44.6 Å². The molecule has 1 unspecified atom stereocenters. The lowest BCUT2D eigenvalue weighted by atomic mass is 9.93. The maximum Gasteiger partial charge on any atom is 0.338 e. The highest BCUT2D eigenvalue weighted by molar-refractivity contribution is 8.16. The maximum absolute atomic E-state index is 13.3. The van der Waals surface area contributed by atoms with Crippen LogP contribution in [0.5, 0.6) is 11.5 Å². The van der Waals surface area contributed by atoms with Crippen LogP contribution in [-0.2, 0) is 25.6 Å². The van der Waals surface area contributed by atoms with E-state index in [2.05, 4.69) is 15.3 Å². The molecule has 2 aliphatic heterocycles. The van der Waals surface area contributed by atoms with Gasteiger partial charge in [0.25, 0.3) is 0 Å². The minimum Gasteiger partial charge on any atom is -0.497 e. The smallest absolute Gasteiger partial charge is 0.338 e. The molecule has 0 aliphatic carbocycles. The Hall–Kier alpha value is -3.83. The first kappa shape index (κ1) is 27.2. The number of carbonyl (C=O) groups is 2. The largest absolute Gasteiger partial charge is 0.497 e. The second-order valence-corrected chi connectivity index (χ2v) is 9.31. The average Bonchev–Trinajstić information content (AvgIpc) is 3.32.